The molecule has 6 nitrogen and oxygen atoms in total. The summed E-state index contributed by atoms with van der Waals surface area (Å²) in [6.45, 7) is 1.20. The molecule has 2 atom stereocenters. The molecule has 0 amide bonds. The van der Waals surface area contributed by atoms with Crippen molar-refractivity contribution in [3.05, 3.63) is 52.7 Å². The number of aliphatic hydroxyl groups excluding tert-OH is 2. The Morgan fingerprint density at radius 3 is 2.56 bits per heavy atom. The maximum atomic E-state index is 12.8. The molecule has 1 aliphatic heterocycles. The Hall–Kier alpha value is -1.29. The predicted molar refractivity (Wildman–Crippen MR) is 96.8 cm³/mol. The molecular formula is C17H22N2O4S2. The van der Waals surface area contributed by atoms with E-state index in [0.717, 1.165) is 4.88 Å². The summed E-state index contributed by atoms with van der Waals surface area (Å²) in [5.41, 5.74) is 0. The molecule has 1 aliphatic rings. The zero-order valence-corrected chi connectivity index (χ0v) is 15.4. The van der Waals surface area contributed by atoms with Crippen molar-refractivity contribution in [1.82, 2.24) is 9.21 Å². The third-order valence-electron chi connectivity index (χ3n) is 4.40. The maximum Gasteiger partial charge on any atom is 0.243 e. The molecule has 0 aliphatic carbocycles. The van der Waals surface area contributed by atoms with Gasteiger partial charge >= 0.3 is 0 Å². The highest BCUT2D eigenvalue weighted by Gasteiger charge is 2.41. The maximum absolute atomic E-state index is 12.8. The van der Waals surface area contributed by atoms with E-state index in [0.29, 0.717) is 13.1 Å². The lowest BCUT2D eigenvalue weighted by Crippen LogP contribution is -2.44. The number of rotatable bonds is 7. The summed E-state index contributed by atoms with van der Waals surface area (Å²) in [7, 11) is -3.63. The normalized spacial score (nSPS) is 21.9. The largest absolute Gasteiger partial charge is 0.395 e. The Kier molecular flexibility index (Phi) is 5.88. The molecule has 3 rings (SSSR count). The highest BCUT2D eigenvalue weighted by Crippen LogP contribution is 2.25. The van der Waals surface area contributed by atoms with Crippen molar-refractivity contribution >= 4 is 21.4 Å². The Morgan fingerprint density at radius 2 is 1.92 bits per heavy atom. The fourth-order valence-corrected chi connectivity index (χ4v) is 5.35. The molecule has 0 saturated carbocycles. The van der Waals surface area contributed by atoms with Crippen molar-refractivity contribution in [3.63, 3.8) is 0 Å². The zero-order chi connectivity index (χ0) is 17.9. The highest BCUT2D eigenvalue weighted by atomic mass is 32.2. The van der Waals surface area contributed by atoms with Crippen LogP contribution in [0.1, 0.15) is 4.88 Å². The van der Waals surface area contributed by atoms with Crippen molar-refractivity contribution in [3.8, 4) is 0 Å². The van der Waals surface area contributed by atoms with Crippen LogP contribution in [0.3, 0.4) is 0 Å². The van der Waals surface area contributed by atoms with Gasteiger partial charge in [0.2, 0.25) is 10.0 Å². The molecule has 136 valence electrons. The molecule has 8 heteroatoms. The monoisotopic (exact) mass is 382 g/mol. The molecule has 2 heterocycles. The second-order valence-electron chi connectivity index (χ2n) is 6.04. The van der Waals surface area contributed by atoms with E-state index in [-0.39, 0.29) is 30.6 Å². The van der Waals surface area contributed by atoms with Gasteiger partial charge in [0.1, 0.15) is 0 Å². The van der Waals surface area contributed by atoms with Crippen molar-refractivity contribution in [2.45, 2.75) is 23.6 Å². The van der Waals surface area contributed by atoms with Gasteiger partial charge in [-0.1, -0.05) is 24.3 Å². The van der Waals surface area contributed by atoms with Gasteiger partial charge in [-0.15, -0.1) is 11.3 Å². The fraction of sp³-hybridized carbons (Fsp3) is 0.412. The van der Waals surface area contributed by atoms with Crippen LogP contribution in [0.25, 0.3) is 0 Å². The first-order valence-electron chi connectivity index (χ1n) is 8.13. The van der Waals surface area contributed by atoms with Gasteiger partial charge in [-0.05, 0) is 23.6 Å². The van der Waals surface area contributed by atoms with Crippen molar-refractivity contribution in [2.24, 2.45) is 0 Å². The minimum Gasteiger partial charge on any atom is -0.395 e. The topological polar surface area (TPSA) is 81.1 Å². The van der Waals surface area contributed by atoms with Crippen LogP contribution in [-0.4, -0.2) is 66.2 Å². The Balaban J connectivity index is 1.77. The number of aliphatic hydroxyl groups is 2. The number of benzene rings is 1. The van der Waals surface area contributed by atoms with E-state index in [1.807, 2.05) is 22.4 Å². The van der Waals surface area contributed by atoms with Gasteiger partial charge < -0.3 is 10.2 Å². The average molecular weight is 383 g/mol. The van der Waals surface area contributed by atoms with Crippen LogP contribution >= 0.6 is 11.3 Å². The van der Waals surface area contributed by atoms with Crippen LogP contribution in [0.4, 0.5) is 0 Å². The van der Waals surface area contributed by atoms with Crippen LogP contribution in [0.2, 0.25) is 0 Å². The van der Waals surface area contributed by atoms with Crippen molar-refractivity contribution in [2.75, 3.05) is 26.2 Å². The summed E-state index contributed by atoms with van der Waals surface area (Å²) in [5.74, 6) is 0. The van der Waals surface area contributed by atoms with E-state index >= 15 is 0 Å². The van der Waals surface area contributed by atoms with E-state index in [9.17, 15) is 18.6 Å². The second-order valence-corrected chi connectivity index (χ2v) is 9.01. The van der Waals surface area contributed by atoms with Crippen LogP contribution < -0.4 is 0 Å². The first kappa shape index (κ1) is 18.5. The summed E-state index contributed by atoms with van der Waals surface area (Å²) in [6, 6.07) is 11.9. The van der Waals surface area contributed by atoms with E-state index in [1.54, 1.807) is 41.7 Å². The van der Waals surface area contributed by atoms with Gasteiger partial charge in [0.15, 0.2) is 0 Å². The van der Waals surface area contributed by atoms with Gasteiger partial charge in [-0.2, -0.15) is 4.31 Å². The van der Waals surface area contributed by atoms with Crippen LogP contribution in [0, 0.1) is 0 Å². The number of β-amino-alcohol motifs (C(OH)–C–C–N with tert-alkyl or cyclic N) is 1. The smallest absolute Gasteiger partial charge is 0.243 e. The molecule has 2 N–H and O–H groups in total. The molecule has 25 heavy (non-hydrogen) atoms. The quantitative estimate of drug-likeness (QED) is 0.746. The molecule has 0 radical (unpaired) electrons. The number of hydrogen-bond donors (Lipinski definition) is 2. The van der Waals surface area contributed by atoms with Gasteiger partial charge in [0.25, 0.3) is 0 Å². The number of sulfonamides is 1. The van der Waals surface area contributed by atoms with E-state index in [2.05, 4.69) is 0 Å². The molecule has 1 saturated heterocycles. The average Bonchev–Trinajstić information content (AvgIpc) is 3.25. The van der Waals surface area contributed by atoms with Crippen molar-refractivity contribution < 1.29 is 18.6 Å². The number of thiophene rings is 1. The third kappa shape index (κ3) is 4.11. The van der Waals surface area contributed by atoms with E-state index in [1.165, 1.54) is 4.31 Å². The predicted octanol–water partition coefficient (Wildman–Crippen LogP) is 0.976. The number of nitrogens with zero attached hydrogens (tertiary/aromatic N) is 2. The first-order chi connectivity index (χ1) is 12.0. The highest BCUT2D eigenvalue weighted by molar-refractivity contribution is 7.89. The fourth-order valence-electron chi connectivity index (χ4n) is 3.13. The minimum absolute atomic E-state index is 0.0416. The van der Waals surface area contributed by atoms with Gasteiger partial charge in [-0.25, -0.2) is 8.42 Å². The Bertz CT molecular complexity index is 765. The number of hydrogen-bond acceptors (Lipinski definition) is 6. The van der Waals surface area contributed by atoms with Crippen LogP contribution in [0.5, 0.6) is 0 Å². The van der Waals surface area contributed by atoms with Gasteiger partial charge in [0.05, 0.1) is 23.6 Å². The second kappa shape index (κ2) is 7.94. The Morgan fingerprint density at radius 1 is 1.16 bits per heavy atom. The van der Waals surface area contributed by atoms with E-state index in [4.69, 9.17) is 0 Å². The summed E-state index contributed by atoms with van der Waals surface area (Å²) >= 11 is 1.60. The van der Waals surface area contributed by atoms with Crippen LogP contribution in [0.15, 0.2) is 52.7 Å². The van der Waals surface area contributed by atoms with Gasteiger partial charge in [0, 0.05) is 31.1 Å². The van der Waals surface area contributed by atoms with Gasteiger partial charge in [-0.3, -0.25) is 4.90 Å². The van der Waals surface area contributed by atoms with Crippen molar-refractivity contribution in [1.29, 1.82) is 0 Å². The molecule has 1 aromatic carbocycles. The molecule has 2 aromatic rings. The minimum atomic E-state index is -3.63. The summed E-state index contributed by atoms with van der Waals surface area (Å²) < 4.78 is 26.9. The lowest BCUT2D eigenvalue weighted by molar-refractivity contribution is 0.0661. The lowest BCUT2D eigenvalue weighted by atomic mass is 10.1. The molecule has 0 spiro atoms. The summed E-state index contributed by atoms with van der Waals surface area (Å²) in [5, 5.41) is 21.8. The lowest BCUT2D eigenvalue weighted by Gasteiger charge is -2.29. The summed E-state index contributed by atoms with van der Waals surface area (Å²) in [4.78, 5) is 3.30. The van der Waals surface area contributed by atoms with Crippen LogP contribution in [-0.2, 0) is 16.6 Å². The molecular weight excluding hydrogens is 360 g/mol. The molecule has 0 unspecified atom stereocenters. The molecule has 1 fully saturated rings. The third-order valence-corrected chi connectivity index (χ3v) is 7.11. The molecule has 0 bridgehead atoms. The zero-order valence-electron chi connectivity index (χ0n) is 13.7. The Labute approximate surface area is 152 Å². The first-order valence-corrected chi connectivity index (χ1v) is 10.4. The molecule has 1 aromatic heterocycles. The summed E-state index contributed by atoms with van der Waals surface area (Å²) in [6.07, 6.45) is -0.787. The van der Waals surface area contributed by atoms with E-state index < -0.39 is 16.1 Å². The SMILES string of the molecule is O=S(=O)(c1ccccc1)N1C[C@H](O)[C@@H](N(CCO)Cc2cccs2)C1. The standard InChI is InChI=1S/C17H22N2O4S2/c20-9-8-18(11-14-5-4-10-24-14)16-12-19(13-17(16)21)25(22,23)15-6-2-1-3-7-15/h1-7,10,16-17,20-21H,8-9,11-13H2/t16-,17-/m0/s1.